The maximum absolute atomic E-state index is 13.3. The van der Waals surface area contributed by atoms with Gasteiger partial charge >= 0.3 is 0 Å². The van der Waals surface area contributed by atoms with E-state index in [1.54, 1.807) is 12.3 Å². The molecule has 0 bridgehead atoms. The third-order valence-electron chi connectivity index (χ3n) is 6.32. The molecule has 3 aromatic rings. The maximum Gasteiger partial charge on any atom is 0.226 e. The first-order valence-corrected chi connectivity index (χ1v) is 11.2. The van der Waals surface area contributed by atoms with Gasteiger partial charge in [0.2, 0.25) is 5.91 Å². The standard InChI is InChI=1S/C27H30N4O/c1-2-12-30-26(32)27(10-16-31(17-11-27)21-22-8-14-28-15-9-22)19-23-5-3-6-24(18-23)25-7-4-13-29-20-25/h2-9,13-15,18,20H,1,10-12,16-17,19,21H2,(H,30,32). The quantitative estimate of drug-likeness (QED) is 0.547. The van der Waals surface area contributed by atoms with Crippen LogP contribution in [-0.2, 0) is 17.8 Å². The molecule has 0 saturated carbocycles. The Morgan fingerprint density at radius 1 is 1.00 bits per heavy atom. The number of benzene rings is 1. The minimum atomic E-state index is -0.411. The van der Waals surface area contributed by atoms with E-state index in [1.165, 1.54) is 11.1 Å². The first kappa shape index (κ1) is 21.9. The van der Waals surface area contributed by atoms with E-state index in [9.17, 15) is 4.79 Å². The Balaban J connectivity index is 1.51. The molecule has 0 atom stereocenters. The monoisotopic (exact) mass is 426 g/mol. The Morgan fingerprint density at radius 3 is 2.50 bits per heavy atom. The number of hydrogen-bond donors (Lipinski definition) is 1. The van der Waals surface area contributed by atoms with Crippen LogP contribution >= 0.6 is 0 Å². The molecule has 1 N–H and O–H groups in total. The third-order valence-corrected chi connectivity index (χ3v) is 6.32. The van der Waals surface area contributed by atoms with Crippen molar-refractivity contribution >= 4 is 5.91 Å². The van der Waals surface area contributed by atoms with Gasteiger partial charge in [0.1, 0.15) is 0 Å². The zero-order valence-electron chi connectivity index (χ0n) is 18.4. The minimum absolute atomic E-state index is 0.132. The number of rotatable bonds is 8. The molecule has 1 fully saturated rings. The van der Waals surface area contributed by atoms with E-state index in [0.717, 1.165) is 50.0 Å². The van der Waals surface area contributed by atoms with Crippen molar-refractivity contribution < 1.29 is 4.79 Å². The third kappa shape index (κ3) is 5.29. The molecule has 2 aromatic heterocycles. The van der Waals surface area contributed by atoms with Crippen molar-refractivity contribution in [1.29, 1.82) is 0 Å². The van der Waals surface area contributed by atoms with Crippen molar-refractivity contribution in [1.82, 2.24) is 20.2 Å². The van der Waals surface area contributed by atoms with E-state index in [0.29, 0.717) is 6.54 Å². The second-order valence-corrected chi connectivity index (χ2v) is 8.53. The largest absolute Gasteiger partial charge is 0.352 e. The minimum Gasteiger partial charge on any atom is -0.352 e. The van der Waals surface area contributed by atoms with Gasteiger partial charge in [0, 0.05) is 37.9 Å². The van der Waals surface area contributed by atoms with Crippen molar-refractivity contribution in [3.63, 3.8) is 0 Å². The predicted molar refractivity (Wildman–Crippen MR) is 128 cm³/mol. The lowest BCUT2D eigenvalue weighted by Gasteiger charge is -2.41. The average molecular weight is 427 g/mol. The van der Waals surface area contributed by atoms with E-state index >= 15 is 0 Å². The van der Waals surface area contributed by atoms with Gasteiger partial charge < -0.3 is 5.32 Å². The smallest absolute Gasteiger partial charge is 0.226 e. The summed E-state index contributed by atoms with van der Waals surface area (Å²) in [6.45, 7) is 6.93. The van der Waals surface area contributed by atoms with Crippen molar-refractivity contribution in [2.75, 3.05) is 19.6 Å². The highest BCUT2D eigenvalue weighted by Crippen LogP contribution is 2.37. The van der Waals surface area contributed by atoms with Crippen molar-refractivity contribution in [2.45, 2.75) is 25.8 Å². The summed E-state index contributed by atoms with van der Waals surface area (Å²) in [5.41, 5.74) is 4.25. The molecular weight excluding hydrogens is 396 g/mol. The van der Waals surface area contributed by atoms with Crippen LogP contribution in [0.15, 0.2) is 86.0 Å². The Bertz CT molecular complexity index is 1030. The summed E-state index contributed by atoms with van der Waals surface area (Å²) in [7, 11) is 0. The summed E-state index contributed by atoms with van der Waals surface area (Å²) in [5, 5.41) is 3.08. The molecule has 3 heterocycles. The lowest BCUT2D eigenvalue weighted by Crippen LogP contribution is -2.50. The molecular formula is C27H30N4O. The van der Waals surface area contributed by atoms with Gasteiger partial charge in [0.25, 0.3) is 0 Å². The van der Waals surface area contributed by atoms with Gasteiger partial charge in [-0.3, -0.25) is 19.7 Å². The van der Waals surface area contributed by atoms with Gasteiger partial charge in [0.15, 0.2) is 0 Å². The SMILES string of the molecule is C=CCNC(=O)C1(Cc2cccc(-c3cccnc3)c2)CCN(Cc2ccncc2)CC1. The van der Waals surface area contributed by atoms with Crippen LogP contribution in [0.1, 0.15) is 24.0 Å². The summed E-state index contributed by atoms with van der Waals surface area (Å²) in [6.07, 6.45) is 11.5. The summed E-state index contributed by atoms with van der Waals surface area (Å²) >= 11 is 0. The number of aromatic nitrogens is 2. The number of nitrogens with one attached hydrogen (secondary N) is 1. The lowest BCUT2D eigenvalue weighted by atomic mass is 9.72. The zero-order chi connectivity index (χ0) is 22.2. The first-order chi connectivity index (χ1) is 15.7. The molecule has 0 spiro atoms. The molecule has 1 aliphatic rings. The van der Waals surface area contributed by atoms with Crippen molar-refractivity contribution in [3.8, 4) is 11.1 Å². The van der Waals surface area contributed by atoms with Gasteiger partial charge in [-0.05, 0) is 72.8 Å². The number of pyridine rings is 2. The molecule has 5 heteroatoms. The van der Waals surface area contributed by atoms with E-state index in [4.69, 9.17) is 0 Å². The molecule has 0 radical (unpaired) electrons. The van der Waals surface area contributed by atoms with E-state index in [2.05, 4.69) is 69.2 Å². The fraction of sp³-hybridized carbons (Fsp3) is 0.296. The fourth-order valence-electron chi connectivity index (χ4n) is 4.51. The van der Waals surface area contributed by atoms with Crippen LogP contribution in [0, 0.1) is 5.41 Å². The number of nitrogens with zero attached hydrogens (tertiary/aromatic N) is 3. The average Bonchev–Trinajstić information content (AvgIpc) is 2.85. The van der Waals surface area contributed by atoms with Crippen LogP contribution in [0.2, 0.25) is 0 Å². The second-order valence-electron chi connectivity index (χ2n) is 8.53. The Morgan fingerprint density at radius 2 is 1.78 bits per heavy atom. The topological polar surface area (TPSA) is 58.1 Å². The zero-order valence-corrected chi connectivity index (χ0v) is 18.4. The lowest BCUT2D eigenvalue weighted by molar-refractivity contribution is -0.133. The Hall–Kier alpha value is -3.31. The predicted octanol–water partition coefficient (Wildman–Crippen LogP) is 4.27. The highest BCUT2D eigenvalue weighted by atomic mass is 16.2. The molecule has 1 amide bonds. The number of hydrogen-bond acceptors (Lipinski definition) is 4. The van der Waals surface area contributed by atoms with Crippen molar-refractivity contribution in [2.24, 2.45) is 5.41 Å². The van der Waals surface area contributed by atoms with Crippen LogP contribution in [0.25, 0.3) is 11.1 Å². The van der Waals surface area contributed by atoms with Crippen LogP contribution < -0.4 is 5.32 Å². The molecule has 0 aliphatic carbocycles. The molecule has 1 aromatic carbocycles. The van der Waals surface area contributed by atoms with Crippen LogP contribution in [0.5, 0.6) is 0 Å². The van der Waals surface area contributed by atoms with Crippen LogP contribution in [0.3, 0.4) is 0 Å². The summed E-state index contributed by atoms with van der Waals surface area (Å²) in [4.78, 5) is 24.1. The molecule has 1 aliphatic heterocycles. The molecule has 164 valence electrons. The first-order valence-electron chi connectivity index (χ1n) is 11.2. The maximum atomic E-state index is 13.3. The molecule has 4 rings (SSSR count). The van der Waals surface area contributed by atoms with E-state index in [-0.39, 0.29) is 5.91 Å². The fourth-order valence-corrected chi connectivity index (χ4v) is 4.51. The van der Waals surface area contributed by atoms with Crippen LogP contribution in [0.4, 0.5) is 0 Å². The summed E-state index contributed by atoms with van der Waals surface area (Å²) < 4.78 is 0. The van der Waals surface area contributed by atoms with Gasteiger partial charge in [-0.15, -0.1) is 6.58 Å². The second kappa shape index (κ2) is 10.3. The molecule has 32 heavy (non-hydrogen) atoms. The molecule has 1 saturated heterocycles. The Kier molecular flexibility index (Phi) is 7.07. The van der Waals surface area contributed by atoms with Gasteiger partial charge in [-0.25, -0.2) is 0 Å². The number of carbonyl (C=O) groups excluding carboxylic acids is 1. The van der Waals surface area contributed by atoms with Crippen molar-refractivity contribution in [3.05, 3.63) is 97.1 Å². The number of likely N-dealkylation sites (tertiary alicyclic amines) is 1. The molecule has 5 nitrogen and oxygen atoms in total. The highest BCUT2D eigenvalue weighted by Gasteiger charge is 2.41. The Labute approximate surface area is 190 Å². The van der Waals surface area contributed by atoms with Gasteiger partial charge in [0.05, 0.1) is 5.41 Å². The number of carbonyl (C=O) groups is 1. The molecule has 0 unspecified atom stereocenters. The summed E-state index contributed by atoms with van der Waals surface area (Å²) in [5.74, 6) is 0.132. The van der Waals surface area contributed by atoms with E-state index < -0.39 is 5.41 Å². The number of amides is 1. The van der Waals surface area contributed by atoms with Crippen LogP contribution in [-0.4, -0.2) is 40.4 Å². The normalized spacial score (nSPS) is 15.8. The van der Waals surface area contributed by atoms with Gasteiger partial charge in [-0.2, -0.15) is 0 Å². The number of piperidine rings is 1. The summed E-state index contributed by atoms with van der Waals surface area (Å²) in [6, 6.07) is 16.6. The highest BCUT2D eigenvalue weighted by molar-refractivity contribution is 5.83. The van der Waals surface area contributed by atoms with Gasteiger partial charge in [-0.1, -0.05) is 36.4 Å². The van der Waals surface area contributed by atoms with E-state index in [1.807, 2.05) is 24.7 Å².